The lowest BCUT2D eigenvalue weighted by Crippen LogP contribution is -2.47. The van der Waals surface area contributed by atoms with Gasteiger partial charge >= 0.3 is 0 Å². The van der Waals surface area contributed by atoms with Crippen molar-refractivity contribution in [3.05, 3.63) is 90.0 Å². The first kappa shape index (κ1) is 21.1. The van der Waals surface area contributed by atoms with Crippen LogP contribution in [0, 0.1) is 0 Å². The van der Waals surface area contributed by atoms with Crippen molar-refractivity contribution in [3.8, 4) is 16.9 Å². The van der Waals surface area contributed by atoms with E-state index in [0.29, 0.717) is 6.04 Å². The van der Waals surface area contributed by atoms with Gasteiger partial charge in [0, 0.05) is 12.6 Å². The summed E-state index contributed by atoms with van der Waals surface area (Å²) in [7, 11) is 1.64. The van der Waals surface area contributed by atoms with E-state index >= 15 is 0 Å². The molecule has 0 spiro atoms. The number of carbonyl (C=O) groups is 1. The van der Waals surface area contributed by atoms with E-state index in [9.17, 15) is 4.79 Å². The van der Waals surface area contributed by atoms with Crippen molar-refractivity contribution in [2.75, 3.05) is 7.11 Å². The van der Waals surface area contributed by atoms with Gasteiger partial charge in [-0.15, -0.1) is 0 Å². The van der Waals surface area contributed by atoms with E-state index < -0.39 is 5.41 Å². The highest BCUT2D eigenvalue weighted by atomic mass is 16.5. The first-order valence-corrected chi connectivity index (χ1v) is 10.9. The number of hydrogen-bond donors (Lipinski definition) is 2. The van der Waals surface area contributed by atoms with Crippen molar-refractivity contribution in [1.82, 2.24) is 5.32 Å². The topological polar surface area (TPSA) is 64.3 Å². The van der Waals surface area contributed by atoms with Crippen LogP contribution in [0.15, 0.2) is 78.9 Å². The van der Waals surface area contributed by atoms with Gasteiger partial charge < -0.3 is 15.8 Å². The van der Waals surface area contributed by atoms with Crippen molar-refractivity contribution in [3.63, 3.8) is 0 Å². The smallest absolute Gasteiger partial charge is 0.228 e. The molecule has 3 aromatic carbocycles. The molecule has 1 amide bonds. The largest absolute Gasteiger partial charge is 0.497 e. The molecule has 0 unspecified atom stereocenters. The molecule has 1 saturated carbocycles. The number of nitrogens with two attached hydrogens (primary N) is 1. The van der Waals surface area contributed by atoms with Crippen LogP contribution in [0.3, 0.4) is 0 Å². The summed E-state index contributed by atoms with van der Waals surface area (Å²) in [5.41, 5.74) is 9.98. The molecule has 0 saturated heterocycles. The van der Waals surface area contributed by atoms with E-state index in [4.69, 9.17) is 10.5 Å². The van der Waals surface area contributed by atoms with E-state index in [1.54, 1.807) is 7.11 Å². The Kier molecular flexibility index (Phi) is 6.38. The zero-order valence-corrected chi connectivity index (χ0v) is 18.0. The van der Waals surface area contributed by atoms with Gasteiger partial charge in [-0.2, -0.15) is 0 Å². The lowest BCUT2D eigenvalue weighted by Gasteiger charge is -2.38. The minimum atomic E-state index is -0.607. The first-order valence-electron chi connectivity index (χ1n) is 10.9. The molecular weight excluding hydrogens is 384 g/mol. The Bertz CT molecular complexity index is 1010. The Morgan fingerprint density at radius 1 is 0.968 bits per heavy atom. The van der Waals surface area contributed by atoms with Crippen LogP contribution in [-0.4, -0.2) is 19.1 Å². The number of hydrogen-bond acceptors (Lipinski definition) is 3. The third-order valence-electron chi connectivity index (χ3n) is 6.59. The van der Waals surface area contributed by atoms with Gasteiger partial charge in [-0.3, -0.25) is 4.79 Å². The minimum absolute atomic E-state index is 0.240. The van der Waals surface area contributed by atoms with Gasteiger partial charge in [-0.05, 0) is 60.1 Å². The summed E-state index contributed by atoms with van der Waals surface area (Å²) in [5, 5.41) is 3.67. The zero-order chi connectivity index (χ0) is 21.7. The van der Waals surface area contributed by atoms with Gasteiger partial charge in [0.2, 0.25) is 5.91 Å². The third-order valence-corrected chi connectivity index (χ3v) is 6.59. The fraction of sp³-hybridized carbons (Fsp3) is 0.296. The molecule has 1 aliphatic rings. The second-order valence-electron chi connectivity index (χ2n) is 8.40. The van der Waals surface area contributed by atoms with Crippen molar-refractivity contribution in [2.45, 2.75) is 43.7 Å². The maximum Gasteiger partial charge on any atom is 0.228 e. The maximum absolute atomic E-state index is 12.5. The van der Waals surface area contributed by atoms with E-state index in [-0.39, 0.29) is 5.91 Å². The van der Waals surface area contributed by atoms with Crippen LogP contribution < -0.4 is 15.8 Å². The van der Waals surface area contributed by atoms with Crippen LogP contribution in [-0.2, 0) is 16.8 Å². The normalized spacial score (nSPS) is 20.9. The highest BCUT2D eigenvalue weighted by molar-refractivity contribution is 5.87. The molecule has 0 aliphatic heterocycles. The van der Waals surface area contributed by atoms with Gasteiger partial charge in [0.05, 0.1) is 12.5 Å². The molecule has 0 radical (unpaired) electrons. The summed E-state index contributed by atoms with van der Waals surface area (Å²) in [4.78, 5) is 12.5. The van der Waals surface area contributed by atoms with E-state index in [0.717, 1.165) is 43.5 Å². The van der Waals surface area contributed by atoms with Gasteiger partial charge in [-0.25, -0.2) is 0 Å². The summed E-state index contributed by atoms with van der Waals surface area (Å²) in [6.45, 7) is 0.822. The molecule has 3 N–H and O–H groups in total. The average molecular weight is 415 g/mol. The summed E-state index contributed by atoms with van der Waals surface area (Å²) < 4.78 is 5.35. The predicted octanol–water partition coefficient (Wildman–Crippen LogP) is 4.82. The molecule has 4 rings (SSSR count). The van der Waals surface area contributed by atoms with Gasteiger partial charge in [0.25, 0.3) is 0 Å². The molecule has 1 fully saturated rings. The molecule has 31 heavy (non-hydrogen) atoms. The fourth-order valence-electron chi connectivity index (χ4n) is 4.62. The average Bonchev–Trinajstić information content (AvgIpc) is 2.84. The molecule has 1 aliphatic carbocycles. The van der Waals surface area contributed by atoms with E-state index in [2.05, 4.69) is 53.8 Å². The number of carbonyl (C=O) groups excluding carboxylic acids is 1. The Balaban J connectivity index is 1.36. The molecule has 0 aromatic heterocycles. The Morgan fingerprint density at radius 3 is 2.29 bits per heavy atom. The first-order chi connectivity index (χ1) is 15.1. The van der Waals surface area contributed by atoms with Crippen LogP contribution in [0.4, 0.5) is 0 Å². The number of amides is 1. The van der Waals surface area contributed by atoms with Crippen LogP contribution >= 0.6 is 0 Å². The van der Waals surface area contributed by atoms with Crippen molar-refractivity contribution < 1.29 is 9.53 Å². The molecule has 4 heteroatoms. The quantitative estimate of drug-likeness (QED) is 0.583. The molecule has 4 nitrogen and oxygen atoms in total. The van der Waals surface area contributed by atoms with Gasteiger partial charge in [-0.1, -0.05) is 66.7 Å². The maximum atomic E-state index is 12.5. The molecule has 0 bridgehead atoms. The van der Waals surface area contributed by atoms with Gasteiger partial charge in [0.15, 0.2) is 0 Å². The lowest BCUT2D eigenvalue weighted by atomic mass is 9.67. The summed E-state index contributed by atoms with van der Waals surface area (Å²) in [6, 6.07) is 27.3. The summed E-state index contributed by atoms with van der Waals surface area (Å²) in [6.07, 6.45) is 3.34. The molecule has 160 valence electrons. The Hall–Kier alpha value is -3.11. The van der Waals surface area contributed by atoms with Crippen LogP contribution in [0.5, 0.6) is 5.75 Å². The minimum Gasteiger partial charge on any atom is -0.497 e. The van der Waals surface area contributed by atoms with Crippen molar-refractivity contribution >= 4 is 5.91 Å². The monoisotopic (exact) mass is 414 g/mol. The Labute approximate surface area is 184 Å². The fourth-order valence-corrected chi connectivity index (χ4v) is 4.62. The highest BCUT2D eigenvalue weighted by Gasteiger charge is 2.42. The highest BCUT2D eigenvalue weighted by Crippen LogP contribution is 2.40. The number of rotatable bonds is 7. The van der Waals surface area contributed by atoms with Crippen LogP contribution in [0.2, 0.25) is 0 Å². The predicted molar refractivity (Wildman–Crippen MR) is 125 cm³/mol. The third kappa shape index (κ3) is 4.64. The summed E-state index contributed by atoms with van der Waals surface area (Å²) in [5.74, 6) is 0.521. The number of methoxy groups -OCH3 is 1. The number of ether oxygens (including phenoxy) is 1. The number of nitrogens with one attached hydrogen (secondary N) is 1. The van der Waals surface area contributed by atoms with E-state index in [1.807, 2.05) is 30.3 Å². The second-order valence-corrected chi connectivity index (χ2v) is 8.40. The second kappa shape index (κ2) is 9.36. The van der Waals surface area contributed by atoms with Crippen molar-refractivity contribution in [2.24, 2.45) is 5.73 Å². The molecule has 3 aromatic rings. The van der Waals surface area contributed by atoms with Gasteiger partial charge in [0.1, 0.15) is 5.75 Å². The number of primary amides is 1. The van der Waals surface area contributed by atoms with Crippen LogP contribution in [0.25, 0.3) is 11.1 Å². The lowest BCUT2D eigenvalue weighted by molar-refractivity contribution is -0.124. The van der Waals surface area contributed by atoms with E-state index in [1.165, 1.54) is 16.7 Å². The van der Waals surface area contributed by atoms with Crippen molar-refractivity contribution in [1.29, 1.82) is 0 Å². The molecule has 0 heterocycles. The SMILES string of the molecule is COc1cccc(C2(C(N)=O)CCC(NCc3ccc(-c4ccccc4)cc3)CC2)c1. The standard InChI is InChI=1S/C27H30N2O2/c1-31-25-9-5-8-23(18-25)27(26(28)30)16-14-24(15-17-27)29-19-20-10-12-22(13-11-20)21-6-3-2-4-7-21/h2-13,18,24,29H,14-17,19H2,1H3,(H2,28,30). The molecule has 0 atom stereocenters. The molecular formula is C27H30N2O2. The van der Waals surface area contributed by atoms with Crippen LogP contribution in [0.1, 0.15) is 36.8 Å². The summed E-state index contributed by atoms with van der Waals surface area (Å²) >= 11 is 0. The Morgan fingerprint density at radius 2 is 1.65 bits per heavy atom. The zero-order valence-electron chi connectivity index (χ0n) is 18.0. The number of benzene rings is 3.